The van der Waals surface area contributed by atoms with E-state index in [4.69, 9.17) is 23.4 Å². The summed E-state index contributed by atoms with van der Waals surface area (Å²) >= 11 is 0. The molecule has 17 heteroatoms. The number of hydrogen-bond donors (Lipinski definition) is 8. The van der Waals surface area contributed by atoms with Gasteiger partial charge in [-0.2, -0.15) is 0 Å². The molecule has 5 aromatic rings. The van der Waals surface area contributed by atoms with Crippen molar-refractivity contribution >= 4 is 22.5 Å². The van der Waals surface area contributed by atoms with Crippen LogP contribution in [0.2, 0.25) is 0 Å². The first-order valence-corrected chi connectivity index (χ1v) is 21.7. The minimum atomic E-state index is -2.01. The molecule has 354 valence electrons. The summed E-state index contributed by atoms with van der Waals surface area (Å²) in [5, 5.41) is 81.1. The Balaban J connectivity index is 0.000000196. The summed E-state index contributed by atoms with van der Waals surface area (Å²) in [5.41, 5.74) is 4.79. The van der Waals surface area contributed by atoms with Gasteiger partial charge in [0.25, 0.3) is 0 Å². The number of Topliss-reactive ketones (excluding diaryl/α,β-unsaturated/α-hetero) is 2. The van der Waals surface area contributed by atoms with Gasteiger partial charge in [-0.1, -0.05) is 18.2 Å². The fourth-order valence-corrected chi connectivity index (χ4v) is 8.52. The van der Waals surface area contributed by atoms with E-state index < -0.39 is 80.2 Å². The molecule has 3 heterocycles. The molecule has 0 amide bonds. The number of carbonyl (C=O) groups excluding carboxylic acids is 2. The molecular weight excluding hydrogens is 867 g/mol. The Bertz CT molecular complexity index is 2500. The number of fused-ring (bicyclic) bond motifs is 2. The number of furan rings is 1. The van der Waals surface area contributed by atoms with Gasteiger partial charge in [0.05, 0.1) is 19.5 Å². The van der Waals surface area contributed by atoms with Gasteiger partial charge in [-0.25, -0.2) is 8.78 Å². The Morgan fingerprint density at radius 1 is 0.712 bits per heavy atom. The number of aromatic hydroxyl groups is 2. The molecule has 8 N–H and O–H groups in total. The van der Waals surface area contributed by atoms with Crippen molar-refractivity contribution in [1.29, 1.82) is 0 Å². The molecule has 8 rings (SSSR count). The molecule has 0 radical (unpaired) electrons. The largest absolute Gasteiger partial charge is 0.507 e. The zero-order chi connectivity index (χ0) is 47.4. The summed E-state index contributed by atoms with van der Waals surface area (Å²) in [7, 11) is 0. The van der Waals surface area contributed by atoms with Crippen LogP contribution in [0, 0.1) is 19.8 Å². The van der Waals surface area contributed by atoms with Crippen LogP contribution in [0.4, 0.5) is 8.78 Å². The third-order valence-electron chi connectivity index (χ3n) is 12.2. The average Bonchev–Trinajstić information content (AvgIpc) is 3.97. The summed E-state index contributed by atoms with van der Waals surface area (Å²) in [4.78, 5) is 26.1. The van der Waals surface area contributed by atoms with Crippen molar-refractivity contribution in [1.82, 2.24) is 0 Å². The molecule has 10 atom stereocenters. The minimum absolute atomic E-state index is 0.0188. The third-order valence-corrected chi connectivity index (χ3v) is 12.2. The zero-order valence-corrected chi connectivity index (χ0v) is 36.3. The lowest BCUT2D eigenvalue weighted by Crippen LogP contribution is -2.58. The van der Waals surface area contributed by atoms with Crippen LogP contribution in [-0.2, 0) is 24.0 Å². The maximum atomic E-state index is 14.2. The van der Waals surface area contributed by atoms with E-state index in [1.807, 2.05) is 42.5 Å². The van der Waals surface area contributed by atoms with E-state index in [1.165, 1.54) is 18.2 Å². The number of carbonyl (C=O) groups is 2. The highest BCUT2D eigenvalue weighted by molar-refractivity contribution is 6.02. The van der Waals surface area contributed by atoms with Gasteiger partial charge in [-0.3, -0.25) is 9.59 Å². The first-order valence-electron chi connectivity index (χ1n) is 21.7. The molecule has 1 saturated carbocycles. The van der Waals surface area contributed by atoms with Gasteiger partial charge in [-0.15, -0.1) is 0 Å². The number of halogens is 2. The number of aryl methyl sites for hydroxylation is 4. The monoisotopic (exact) mass is 920 g/mol. The van der Waals surface area contributed by atoms with Gasteiger partial charge in [0.1, 0.15) is 88.3 Å². The molecule has 1 aliphatic carbocycles. The molecule has 4 aromatic carbocycles. The number of alkyl halides is 2. The fraction of sp³-hybridized carbons (Fsp3) is 0.429. The molecule has 2 aliphatic heterocycles. The lowest BCUT2D eigenvalue weighted by atomic mass is 9.82. The summed E-state index contributed by atoms with van der Waals surface area (Å²) in [6.45, 7) is 2.78. The summed E-state index contributed by atoms with van der Waals surface area (Å²) in [6.07, 6.45) is -11.3. The van der Waals surface area contributed by atoms with E-state index in [1.54, 1.807) is 26.2 Å². The van der Waals surface area contributed by atoms with Crippen molar-refractivity contribution in [3.63, 3.8) is 0 Å². The molecule has 66 heavy (non-hydrogen) atoms. The Labute approximate surface area is 378 Å². The molecule has 15 nitrogen and oxygen atoms in total. The Morgan fingerprint density at radius 3 is 1.95 bits per heavy atom. The summed E-state index contributed by atoms with van der Waals surface area (Å²) in [6, 6.07) is 19.1. The number of ether oxygens (including phenoxy) is 4. The van der Waals surface area contributed by atoms with Crippen molar-refractivity contribution in [2.75, 3.05) is 19.8 Å². The smallest absolute Gasteiger partial charge is 0.229 e. The maximum absolute atomic E-state index is 14.2. The lowest BCUT2D eigenvalue weighted by Gasteiger charge is -2.38. The van der Waals surface area contributed by atoms with Crippen LogP contribution in [0.25, 0.3) is 11.0 Å². The quantitative estimate of drug-likeness (QED) is 0.0705. The van der Waals surface area contributed by atoms with E-state index in [0.717, 1.165) is 39.8 Å². The molecule has 2 fully saturated rings. The number of ketones is 2. The van der Waals surface area contributed by atoms with Crippen molar-refractivity contribution in [3.8, 4) is 28.7 Å². The number of aliphatic hydroxyl groups excluding tert-OH is 6. The van der Waals surface area contributed by atoms with Crippen LogP contribution in [0.3, 0.4) is 0 Å². The number of hydrogen-bond acceptors (Lipinski definition) is 15. The van der Waals surface area contributed by atoms with Crippen molar-refractivity contribution in [2.45, 2.75) is 108 Å². The van der Waals surface area contributed by atoms with E-state index in [9.17, 15) is 59.2 Å². The highest BCUT2D eigenvalue weighted by atomic mass is 19.1. The van der Waals surface area contributed by atoms with Gasteiger partial charge in [0.2, 0.25) is 6.29 Å². The summed E-state index contributed by atoms with van der Waals surface area (Å²) < 4.78 is 55.7. The second-order valence-corrected chi connectivity index (χ2v) is 17.0. The number of rotatable bonds is 14. The molecule has 1 aromatic heterocycles. The average molecular weight is 921 g/mol. The summed E-state index contributed by atoms with van der Waals surface area (Å²) in [5.74, 6) is -1.37. The highest BCUT2D eigenvalue weighted by Crippen LogP contribution is 2.38. The second kappa shape index (κ2) is 20.9. The maximum Gasteiger partial charge on any atom is 0.229 e. The number of benzene rings is 4. The van der Waals surface area contributed by atoms with Crippen molar-refractivity contribution in [2.24, 2.45) is 5.92 Å². The van der Waals surface area contributed by atoms with Crippen LogP contribution in [0.5, 0.6) is 28.7 Å². The van der Waals surface area contributed by atoms with E-state index in [2.05, 4.69) is 0 Å². The molecule has 0 bridgehead atoms. The zero-order valence-electron chi connectivity index (χ0n) is 36.3. The standard InChI is InChI=1S/C25H29FO7.C24H25FO8/c1-13-8-18(29)22(17(28)4-2-14-3-5-19-15(10-14)6-7-32-19)20(9-13)33-21-11-16(12-27)23(26)25(31)24(21)30;1-12-8-16(28)20(15(27)4-2-13-3-5-17-14(10-13)6-7-31-17)18(9-12)32-24-23(30)22(29)21(25)19(11-26)33-24/h3,5,8-10,16,21,23-25,27,29-31H,2,4,6-7,11-12H2,1H3;3,5-10,19,21-24,26,28-30H,2,4,11H2,1H3. The van der Waals surface area contributed by atoms with Gasteiger partial charge in [0.15, 0.2) is 17.7 Å². The Morgan fingerprint density at radius 2 is 1.32 bits per heavy atom. The molecule has 0 spiro atoms. The normalized spacial score (nSPS) is 25.9. The number of phenolic OH excluding ortho intramolecular Hbond substituents is 2. The fourth-order valence-electron chi connectivity index (χ4n) is 8.52. The van der Waals surface area contributed by atoms with E-state index in [0.29, 0.717) is 30.6 Å². The third kappa shape index (κ3) is 10.6. The molecule has 3 aliphatic rings. The highest BCUT2D eigenvalue weighted by Gasteiger charge is 2.47. The van der Waals surface area contributed by atoms with Crippen LogP contribution in [-0.4, -0.2) is 127 Å². The van der Waals surface area contributed by atoms with Gasteiger partial charge in [0, 0.05) is 37.2 Å². The first kappa shape index (κ1) is 48.3. The Hall–Kier alpha value is -5.66. The van der Waals surface area contributed by atoms with Crippen LogP contribution in [0.15, 0.2) is 77.4 Å². The predicted octanol–water partition coefficient (Wildman–Crippen LogP) is 4.69. The van der Waals surface area contributed by atoms with Crippen LogP contribution >= 0.6 is 0 Å². The van der Waals surface area contributed by atoms with Crippen LogP contribution < -0.4 is 14.2 Å². The van der Waals surface area contributed by atoms with Crippen LogP contribution in [0.1, 0.15) is 67.8 Å². The van der Waals surface area contributed by atoms with Gasteiger partial charge >= 0.3 is 0 Å². The second-order valence-electron chi connectivity index (χ2n) is 17.0. The SMILES string of the molecule is Cc1cc(O)c(C(=O)CCc2ccc3c(c2)CCO3)c(OC2CC(CO)C(F)C(O)C2O)c1.Cc1cc(O)c(C(=O)CCc2ccc3occc3c2)c(OC2OC(CO)C(F)C(O)C2O)c1. The predicted molar refractivity (Wildman–Crippen MR) is 233 cm³/mol. The van der Waals surface area contributed by atoms with Crippen molar-refractivity contribution < 1.29 is 82.6 Å². The van der Waals surface area contributed by atoms with Crippen molar-refractivity contribution in [3.05, 3.63) is 112 Å². The van der Waals surface area contributed by atoms with Gasteiger partial charge in [-0.05, 0) is 109 Å². The number of aliphatic hydroxyl groups is 6. The molecular formula is C49H54F2O15. The molecule has 1 saturated heterocycles. The molecule has 10 unspecified atom stereocenters. The first-order chi connectivity index (χ1) is 31.6. The number of phenols is 2. The van der Waals surface area contributed by atoms with Gasteiger partial charge < -0.3 is 64.2 Å². The minimum Gasteiger partial charge on any atom is -0.507 e. The topological polar surface area (TPSA) is 246 Å². The lowest BCUT2D eigenvalue weighted by molar-refractivity contribution is -0.265. The Kier molecular flexibility index (Phi) is 15.3. The van der Waals surface area contributed by atoms with E-state index >= 15 is 0 Å². The van der Waals surface area contributed by atoms with E-state index in [-0.39, 0.29) is 59.2 Å².